The second-order valence-electron chi connectivity index (χ2n) is 5.79. The van der Waals surface area contributed by atoms with Gasteiger partial charge in [-0.05, 0) is 11.6 Å². The minimum Gasteiger partial charge on any atom is -0.337 e. The van der Waals surface area contributed by atoms with Crippen molar-refractivity contribution in [2.45, 2.75) is 12.3 Å². The predicted molar refractivity (Wildman–Crippen MR) is 98.1 cm³/mol. The van der Waals surface area contributed by atoms with Crippen LogP contribution in [0.5, 0.6) is 0 Å². The number of carbonyl (C=O) groups excluding carboxylic acids is 2. The second kappa shape index (κ2) is 7.98. The molecule has 3 amide bonds. The van der Waals surface area contributed by atoms with Gasteiger partial charge in [-0.3, -0.25) is 10.1 Å². The van der Waals surface area contributed by atoms with Gasteiger partial charge in [0.1, 0.15) is 5.82 Å². The lowest BCUT2D eigenvalue weighted by Gasteiger charge is -2.17. The SMILES string of the molecule is O=C(NCCCl)Nc1cc(N2CC(c3ccccc3)CC2=O)ccn1. The molecule has 1 aliphatic heterocycles. The molecule has 0 bridgehead atoms. The van der Waals surface area contributed by atoms with Crippen LogP contribution in [0.3, 0.4) is 0 Å². The number of rotatable bonds is 5. The molecule has 25 heavy (non-hydrogen) atoms. The van der Waals surface area contributed by atoms with Crippen molar-refractivity contribution in [3.63, 3.8) is 0 Å². The molecule has 2 heterocycles. The Kier molecular flexibility index (Phi) is 5.50. The second-order valence-corrected chi connectivity index (χ2v) is 6.16. The number of alkyl halides is 1. The standard InChI is InChI=1S/C18H19ClN4O2/c19-7-9-21-18(25)22-16-11-15(6-8-20-16)23-12-14(10-17(23)24)13-4-2-1-3-5-13/h1-6,8,11,14H,7,9-10,12H2,(H2,20,21,22,25). The molecule has 0 spiro atoms. The maximum atomic E-state index is 12.4. The Balaban J connectivity index is 1.70. The van der Waals surface area contributed by atoms with Crippen LogP contribution in [0.25, 0.3) is 0 Å². The van der Waals surface area contributed by atoms with Gasteiger partial charge in [-0.15, -0.1) is 11.6 Å². The highest BCUT2D eigenvalue weighted by atomic mass is 35.5. The first kappa shape index (κ1) is 17.2. The number of anilines is 2. The first-order valence-electron chi connectivity index (χ1n) is 8.09. The summed E-state index contributed by atoms with van der Waals surface area (Å²) in [6.07, 6.45) is 2.06. The van der Waals surface area contributed by atoms with Crippen molar-refractivity contribution in [2.75, 3.05) is 29.2 Å². The van der Waals surface area contributed by atoms with Crippen molar-refractivity contribution < 1.29 is 9.59 Å². The van der Waals surface area contributed by atoms with Gasteiger partial charge in [-0.25, -0.2) is 9.78 Å². The summed E-state index contributed by atoms with van der Waals surface area (Å²) in [5.74, 6) is 0.966. The Hall–Kier alpha value is -2.60. The lowest BCUT2D eigenvalue weighted by molar-refractivity contribution is -0.117. The number of nitrogens with zero attached hydrogens (tertiary/aromatic N) is 2. The molecular formula is C18H19ClN4O2. The summed E-state index contributed by atoms with van der Waals surface area (Å²) >= 11 is 5.54. The van der Waals surface area contributed by atoms with E-state index in [-0.39, 0.29) is 17.9 Å². The van der Waals surface area contributed by atoms with Crippen LogP contribution in [0.4, 0.5) is 16.3 Å². The van der Waals surface area contributed by atoms with Crippen molar-refractivity contribution in [2.24, 2.45) is 0 Å². The largest absolute Gasteiger partial charge is 0.337 e. The van der Waals surface area contributed by atoms with Crippen LogP contribution in [0.15, 0.2) is 48.7 Å². The van der Waals surface area contributed by atoms with Crippen LogP contribution in [0.2, 0.25) is 0 Å². The van der Waals surface area contributed by atoms with Gasteiger partial charge in [0, 0.05) is 49.3 Å². The normalized spacial score (nSPS) is 16.8. The first-order chi connectivity index (χ1) is 12.2. The number of hydrogen-bond donors (Lipinski definition) is 2. The molecule has 1 atom stereocenters. The molecule has 1 aromatic carbocycles. The van der Waals surface area contributed by atoms with E-state index in [2.05, 4.69) is 15.6 Å². The van der Waals surface area contributed by atoms with E-state index in [1.165, 1.54) is 0 Å². The Morgan fingerprint density at radius 3 is 2.84 bits per heavy atom. The number of aromatic nitrogens is 1. The third-order valence-corrected chi connectivity index (χ3v) is 4.26. The van der Waals surface area contributed by atoms with Crippen LogP contribution in [-0.2, 0) is 4.79 Å². The molecule has 1 aliphatic rings. The van der Waals surface area contributed by atoms with Crippen molar-refractivity contribution in [1.29, 1.82) is 0 Å². The molecule has 1 saturated heterocycles. The Bertz CT molecular complexity index is 754. The predicted octanol–water partition coefficient (Wildman–Crippen LogP) is 2.96. The zero-order valence-corrected chi connectivity index (χ0v) is 14.4. The molecule has 1 unspecified atom stereocenters. The van der Waals surface area contributed by atoms with Crippen LogP contribution in [0, 0.1) is 0 Å². The summed E-state index contributed by atoms with van der Waals surface area (Å²) in [4.78, 5) is 30.0. The molecule has 7 heteroatoms. The topological polar surface area (TPSA) is 74.3 Å². The molecule has 0 radical (unpaired) electrons. The number of hydrogen-bond acceptors (Lipinski definition) is 3. The lowest BCUT2D eigenvalue weighted by Crippen LogP contribution is -2.30. The monoisotopic (exact) mass is 358 g/mol. The number of urea groups is 1. The van der Waals surface area contributed by atoms with Gasteiger partial charge in [0.2, 0.25) is 5.91 Å². The average molecular weight is 359 g/mol. The summed E-state index contributed by atoms with van der Waals surface area (Å²) < 4.78 is 0. The van der Waals surface area contributed by atoms with Gasteiger partial charge in [0.15, 0.2) is 0 Å². The zero-order valence-electron chi connectivity index (χ0n) is 13.6. The highest BCUT2D eigenvalue weighted by molar-refractivity contribution is 6.18. The highest BCUT2D eigenvalue weighted by Gasteiger charge is 2.31. The fraction of sp³-hybridized carbons (Fsp3) is 0.278. The Labute approximate surface area is 151 Å². The van der Waals surface area contributed by atoms with Gasteiger partial charge < -0.3 is 10.2 Å². The zero-order chi connectivity index (χ0) is 17.6. The van der Waals surface area contributed by atoms with E-state index < -0.39 is 0 Å². The van der Waals surface area contributed by atoms with Crippen molar-refractivity contribution in [3.05, 3.63) is 54.2 Å². The summed E-state index contributed by atoms with van der Waals surface area (Å²) in [7, 11) is 0. The highest BCUT2D eigenvalue weighted by Crippen LogP contribution is 2.32. The van der Waals surface area contributed by atoms with E-state index in [0.29, 0.717) is 31.2 Å². The van der Waals surface area contributed by atoms with Crippen molar-refractivity contribution in [1.82, 2.24) is 10.3 Å². The third kappa shape index (κ3) is 4.28. The minimum absolute atomic E-state index is 0.0672. The number of amides is 3. The van der Waals surface area contributed by atoms with E-state index in [9.17, 15) is 9.59 Å². The Morgan fingerprint density at radius 1 is 1.28 bits per heavy atom. The molecule has 1 aromatic heterocycles. The van der Waals surface area contributed by atoms with Gasteiger partial charge >= 0.3 is 6.03 Å². The maximum Gasteiger partial charge on any atom is 0.320 e. The summed E-state index contributed by atoms with van der Waals surface area (Å²) in [6, 6.07) is 13.1. The molecule has 130 valence electrons. The summed E-state index contributed by atoms with van der Waals surface area (Å²) in [5.41, 5.74) is 1.89. The number of benzene rings is 1. The number of pyridine rings is 1. The fourth-order valence-corrected chi connectivity index (χ4v) is 2.98. The molecular weight excluding hydrogens is 340 g/mol. The molecule has 2 N–H and O–H groups in total. The summed E-state index contributed by atoms with van der Waals surface area (Å²) in [6.45, 7) is 0.987. The number of nitrogens with one attached hydrogen (secondary N) is 2. The fourth-order valence-electron chi connectivity index (χ4n) is 2.88. The first-order valence-corrected chi connectivity index (χ1v) is 8.63. The average Bonchev–Trinajstić information content (AvgIpc) is 3.03. The van der Waals surface area contributed by atoms with Crippen LogP contribution >= 0.6 is 11.6 Å². The van der Waals surface area contributed by atoms with E-state index in [0.717, 1.165) is 11.3 Å². The van der Waals surface area contributed by atoms with Crippen molar-refractivity contribution in [3.8, 4) is 0 Å². The number of halogens is 1. The smallest absolute Gasteiger partial charge is 0.320 e. The van der Waals surface area contributed by atoms with E-state index in [1.54, 1.807) is 23.2 Å². The maximum absolute atomic E-state index is 12.4. The molecule has 3 rings (SSSR count). The van der Waals surface area contributed by atoms with Gasteiger partial charge in [0.05, 0.1) is 0 Å². The van der Waals surface area contributed by atoms with Gasteiger partial charge in [0.25, 0.3) is 0 Å². The molecule has 6 nitrogen and oxygen atoms in total. The van der Waals surface area contributed by atoms with Crippen LogP contribution in [0.1, 0.15) is 17.9 Å². The lowest BCUT2D eigenvalue weighted by atomic mass is 9.99. The molecule has 0 saturated carbocycles. The molecule has 1 fully saturated rings. The third-order valence-electron chi connectivity index (χ3n) is 4.07. The Morgan fingerprint density at radius 2 is 2.08 bits per heavy atom. The van der Waals surface area contributed by atoms with Crippen molar-refractivity contribution >= 4 is 35.0 Å². The minimum atomic E-state index is -0.375. The van der Waals surface area contributed by atoms with Crippen LogP contribution in [-0.4, -0.2) is 35.9 Å². The van der Waals surface area contributed by atoms with E-state index >= 15 is 0 Å². The number of carbonyl (C=O) groups is 2. The van der Waals surface area contributed by atoms with E-state index in [1.807, 2.05) is 30.3 Å². The van der Waals surface area contributed by atoms with Crippen LogP contribution < -0.4 is 15.5 Å². The van der Waals surface area contributed by atoms with Gasteiger partial charge in [-0.2, -0.15) is 0 Å². The quantitative estimate of drug-likeness (QED) is 0.807. The van der Waals surface area contributed by atoms with E-state index in [4.69, 9.17) is 11.6 Å². The molecule has 2 aromatic rings. The van der Waals surface area contributed by atoms with Gasteiger partial charge in [-0.1, -0.05) is 30.3 Å². The molecule has 0 aliphatic carbocycles. The summed E-state index contributed by atoms with van der Waals surface area (Å²) in [5, 5.41) is 5.25.